The van der Waals surface area contributed by atoms with Gasteiger partial charge in [0.1, 0.15) is 6.29 Å². The lowest BCUT2D eigenvalue weighted by atomic mass is 10.2. The molecular formula is C9H8F2O2. The zero-order valence-electron chi connectivity index (χ0n) is 11.3. The fourth-order valence-corrected chi connectivity index (χ4v) is 0.796. The first-order chi connectivity index (χ1) is 8.08. The van der Waals surface area contributed by atoms with Crippen LogP contribution < -0.4 is 4.74 Å². The number of carbonyl (C=O) groups is 1. The average Bonchev–Trinajstić information content (AvgIpc) is 2.21. The molecule has 1 aromatic rings. The van der Waals surface area contributed by atoms with Gasteiger partial charge in [0.05, 0.1) is 9.30 Å². The minimum Gasteiger partial charge on any atom is -0.488 e. The molecule has 0 saturated carbocycles. The van der Waals surface area contributed by atoms with Crippen molar-refractivity contribution < 1.29 is 25.2 Å². The van der Waals surface area contributed by atoms with E-state index >= 15 is 0 Å². The molecule has 2 nitrogen and oxygen atoms in total. The third kappa shape index (κ3) is 2.02. The van der Waals surface area contributed by atoms with Gasteiger partial charge in [-0.3, -0.25) is 4.79 Å². The van der Waals surface area contributed by atoms with Crippen LogP contribution in [-0.2, 0) is 0 Å². The van der Waals surface area contributed by atoms with Gasteiger partial charge in [-0.05, 0) is 19.0 Å². The number of benzene rings is 1. The quantitative estimate of drug-likeness (QED) is 0.684. The number of hydrogen-bond acceptors (Lipinski definition) is 2. The predicted molar refractivity (Wildman–Crippen MR) is 42.9 cm³/mol. The second-order valence-corrected chi connectivity index (χ2v) is 2.14. The zero-order valence-corrected chi connectivity index (χ0v) is 6.30. The highest BCUT2D eigenvalue weighted by Crippen LogP contribution is 2.22. The standard InChI is InChI=1S/C9H8F2O2/c1-2-13-9-7(10)3-6(5-12)4-8(9)11/h3-5H,2H2,1H3/i1D3,2D2. The number of hydrogen-bond donors (Lipinski definition) is 0. The van der Waals surface area contributed by atoms with Crippen molar-refractivity contribution in [3.8, 4) is 5.75 Å². The van der Waals surface area contributed by atoms with Crippen LogP contribution in [0.3, 0.4) is 0 Å². The van der Waals surface area contributed by atoms with E-state index in [0.29, 0.717) is 12.1 Å². The lowest BCUT2D eigenvalue weighted by Gasteiger charge is -2.05. The Bertz CT molecular complexity index is 450. The van der Waals surface area contributed by atoms with Crippen molar-refractivity contribution >= 4 is 6.29 Å². The van der Waals surface area contributed by atoms with E-state index in [4.69, 9.17) is 6.85 Å². The molecule has 0 aliphatic rings. The molecule has 0 saturated heterocycles. The number of rotatable bonds is 3. The van der Waals surface area contributed by atoms with Gasteiger partial charge in [-0.25, -0.2) is 8.78 Å². The molecule has 0 N–H and O–H groups in total. The Labute approximate surface area is 81.2 Å². The van der Waals surface area contributed by atoms with Gasteiger partial charge in [-0.1, -0.05) is 0 Å². The van der Waals surface area contributed by atoms with Crippen LogP contribution in [-0.4, -0.2) is 12.8 Å². The fourth-order valence-electron chi connectivity index (χ4n) is 0.796. The summed E-state index contributed by atoms with van der Waals surface area (Å²) in [5.74, 6) is -3.89. The van der Waals surface area contributed by atoms with Gasteiger partial charge < -0.3 is 4.74 Å². The molecule has 0 radical (unpaired) electrons. The van der Waals surface area contributed by atoms with Gasteiger partial charge in [0.2, 0.25) is 0 Å². The summed E-state index contributed by atoms with van der Waals surface area (Å²) in [5, 5.41) is 0. The van der Waals surface area contributed by atoms with Crippen LogP contribution in [0.5, 0.6) is 5.75 Å². The Kier molecular flexibility index (Phi) is 1.44. The van der Waals surface area contributed by atoms with E-state index in [9.17, 15) is 13.6 Å². The Morgan fingerprint density at radius 2 is 2.23 bits per heavy atom. The smallest absolute Gasteiger partial charge is 0.190 e. The lowest BCUT2D eigenvalue weighted by Crippen LogP contribution is -1.99. The SMILES string of the molecule is [2H]C([2H])([2H])C([2H])([2H])Oc1c(F)cc(C=O)cc1F. The summed E-state index contributed by atoms with van der Waals surface area (Å²) < 4.78 is 65.6. The number of ether oxygens (including phenoxy) is 1. The van der Waals surface area contributed by atoms with E-state index in [1.807, 2.05) is 0 Å². The molecule has 0 aliphatic carbocycles. The summed E-state index contributed by atoms with van der Waals surface area (Å²) in [6.07, 6.45) is 0.189. The van der Waals surface area contributed by atoms with Gasteiger partial charge in [0.25, 0.3) is 0 Å². The summed E-state index contributed by atoms with van der Waals surface area (Å²) in [6.45, 7) is -6.47. The Morgan fingerprint density at radius 1 is 1.62 bits per heavy atom. The van der Waals surface area contributed by atoms with E-state index in [-0.39, 0.29) is 11.8 Å². The van der Waals surface area contributed by atoms with Crippen molar-refractivity contribution in [1.29, 1.82) is 0 Å². The summed E-state index contributed by atoms with van der Waals surface area (Å²) in [7, 11) is 0. The van der Waals surface area contributed by atoms with Gasteiger partial charge in [-0.15, -0.1) is 0 Å². The van der Waals surface area contributed by atoms with Crippen LogP contribution in [0.2, 0.25) is 0 Å². The normalized spacial score (nSPS) is 17.5. The third-order valence-electron chi connectivity index (χ3n) is 1.31. The number of carbonyl (C=O) groups excluding carboxylic acids is 1. The molecule has 0 aromatic heterocycles. The molecule has 0 heterocycles. The maximum Gasteiger partial charge on any atom is 0.190 e. The molecule has 0 aliphatic heterocycles. The Hall–Kier alpha value is -1.45. The topological polar surface area (TPSA) is 26.3 Å². The first-order valence-electron chi connectivity index (χ1n) is 5.72. The molecule has 0 spiro atoms. The Balaban J connectivity index is 3.17. The molecule has 70 valence electrons. The average molecular weight is 191 g/mol. The van der Waals surface area contributed by atoms with E-state index in [0.717, 1.165) is 0 Å². The second kappa shape index (κ2) is 3.98. The first kappa shape index (κ1) is 4.69. The maximum absolute atomic E-state index is 13.3. The third-order valence-corrected chi connectivity index (χ3v) is 1.31. The van der Waals surface area contributed by atoms with Crippen molar-refractivity contribution in [3.05, 3.63) is 29.3 Å². The summed E-state index contributed by atoms with van der Waals surface area (Å²) in [6, 6.07) is 1.22. The highest BCUT2D eigenvalue weighted by molar-refractivity contribution is 5.75. The van der Waals surface area contributed by atoms with Crippen molar-refractivity contribution in [1.82, 2.24) is 0 Å². The minimum atomic E-state index is -3.25. The van der Waals surface area contributed by atoms with E-state index in [1.165, 1.54) is 0 Å². The monoisotopic (exact) mass is 191 g/mol. The molecule has 0 atom stereocenters. The van der Waals surface area contributed by atoms with Crippen LogP contribution in [0.4, 0.5) is 8.78 Å². The van der Waals surface area contributed by atoms with Gasteiger partial charge in [-0.2, -0.15) is 0 Å². The molecule has 1 rings (SSSR count). The highest BCUT2D eigenvalue weighted by atomic mass is 19.1. The van der Waals surface area contributed by atoms with Gasteiger partial charge >= 0.3 is 0 Å². The summed E-state index contributed by atoms with van der Waals surface area (Å²) in [4.78, 5) is 10.3. The van der Waals surface area contributed by atoms with E-state index in [1.54, 1.807) is 0 Å². The van der Waals surface area contributed by atoms with Crippen molar-refractivity contribution in [3.63, 3.8) is 0 Å². The number of halogens is 2. The summed E-state index contributed by atoms with van der Waals surface area (Å²) >= 11 is 0. The zero-order chi connectivity index (χ0) is 14.1. The molecule has 0 fully saturated rings. The van der Waals surface area contributed by atoms with Gasteiger partial charge in [0, 0.05) is 9.68 Å². The maximum atomic E-state index is 13.3. The van der Waals surface area contributed by atoms with Crippen molar-refractivity contribution in [2.75, 3.05) is 6.56 Å². The molecular weight excluding hydrogens is 178 g/mol. The fraction of sp³-hybridized carbons (Fsp3) is 0.222. The molecule has 1 aromatic carbocycles. The molecule has 0 bridgehead atoms. The highest BCUT2D eigenvalue weighted by Gasteiger charge is 2.11. The first-order valence-corrected chi connectivity index (χ1v) is 3.22. The van der Waals surface area contributed by atoms with Crippen LogP contribution in [0.25, 0.3) is 0 Å². The van der Waals surface area contributed by atoms with E-state index in [2.05, 4.69) is 4.74 Å². The molecule has 0 unspecified atom stereocenters. The molecule has 13 heavy (non-hydrogen) atoms. The van der Waals surface area contributed by atoms with E-state index < -0.39 is 30.8 Å². The predicted octanol–water partition coefficient (Wildman–Crippen LogP) is 2.18. The van der Waals surface area contributed by atoms with Crippen molar-refractivity contribution in [2.45, 2.75) is 6.85 Å². The lowest BCUT2D eigenvalue weighted by molar-refractivity contribution is 0.112. The minimum absolute atomic E-state index is 0.189. The Morgan fingerprint density at radius 3 is 2.69 bits per heavy atom. The summed E-state index contributed by atoms with van der Waals surface area (Å²) in [5.41, 5.74) is -0.313. The molecule has 0 amide bonds. The van der Waals surface area contributed by atoms with Crippen LogP contribution in [0.15, 0.2) is 12.1 Å². The van der Waals surface area contributed by atoms with Crippen molar-refractivity contribution in [2.24, 2.45) is 0 Å². The largest absolute Gasteiger partial charge is 0.488 e. The molecule has 4 heteroatoms. The van der Waals surface area contributed by atoms with Crippen LogP contribution >= 0.6 is 0 Å². The van der Waals surface area contributed by atoms with Crippen LogP contribution in [0.1, 0.15) is 24.1 Å². The number of aldehydes is 1. The second-order valence-electron chi connectivity index (χ2n) is 2.14. The van der Waals surface area contributed by atoms with Crippen LogP contribution in [0, 0.1) is 11.6 Å². The van der Waals surface area contributed by atoms with Gasteiger partial charge in [0.15, 0.2) is 17.4 Å².